The number of anilines is 1. The second-order valence-corrected chi connectivity index (χ2v) is 6.01. The Morgan fingerprint density at radius 2 is 1.85 bits per heavy atom. The Kier molecular flexibility index (Phi) is 5.85. The first-order valence-electron chi connectivity index (χ1n) is 8.56. The van der Waals surface area contributed by atoms with Gasteiger partial charge < -0.3 is 25.4 Å². The van der Waals surface area contributed by atoms with Gasteiger partial charge in [0.15, 0.2) is 5.96 Å². The lowest BCUT2D eigenvalue weighted by atomic mass is 10.1. The number of guanidine groups is 1. The molecule has 1 aromatic carbocycles. The Morgan fingerprint density at radius 3 is 2.46 bits per heavy atom. The molecule has 0 radical (unpaired) electrons. The minimum Gasteiger partial charge on any atom is -0.497 e. The average molecular weight is 356 g/mol. The highest BCUT2D eigenvalue weighted by atomic mass is 16.5. The SMILES string of the molecule is COc1ccc(C(O)CN=C(N)N2CCN(c3ncccn3)CC2)cc1. The van der Waals surface area contributed by atoms with E-state index in [9.17, 15) is 5.11 Å². The van der Waals surface area contributed by atoms with Gasteiger partial charge in [-0.3, -0.25) is 4.99 Å². The van der Waals surface area contributed by atoms with Crippen molar-refractivity contribution in [3.05, 3.63) is 48.3 Å². The van der Waals surface area contributed by atoms with Gasteiger partial charge in [-0.1, -0.05) is 12.1 Å². The predicted molar refractivity (Wildman–Crippen MR) is 100 cm³/mol. The maximum Gasteiger partial charge on any atom is 0.225 e. The number of hydrogen-bond acceptors (Lipinski definition) is 6. The summed E-state index contributed by atoms with van der Waals surface area (Å²) in [5.74, 6) is 1.94. The van der Waals surface area contributed by atoms with Crippen LogP contribution in [0.2, 0.25) is 0 Å². The summed E-state index contributed by atoms with van der Waals surface area (Å²) in [5.41, 5.74) is 6.89. The summed E-state index contributed by atoms with van der Waals surface area (Å²) < 4.78 is 5.12. The van der Waals surface area contributed by atoms with Crippen LogP contribution in [0.3, 0.4) is 0 Å². The van der Waals surface area contributed by atoms with E-state index in [2.05, 4.69) is 19.9 Å². The van der Waals surface area contributed by atoms with Crippen molar-refractivity contribution in [1.29, 1.82) is 0 Å². The van der Waals surface area contributed by atoms with Crippen LogP contribution in [0.1, 0.15) is 11.7 Å². The molecule has 0 aliphatic carbocycles. The number of aromatic nitrogens is 2. The summed E-state index contributed by atoms with van der Waals surface area (Å²) in [6, 6.07) is 9.09. The second kappa shape index (κ2) is 8.48. The summed E-state index contributed by atoms with van der Waals surface area (Å²) in [6.45, 7) is 3.27. The summed E-state index contributed by atoms with van der Waals surface area (Å²) in [6.07, 6.45) is 2.79. The first-order valence-corrected chi connectivity index (χ1v) is 8.56. The first kappa shape index (κ1) is 17.9. The molecular formula is C18H24N6O2. The molecule has 1 atom stereocenters. The number of hydrogen-bond donors (Lipinski definition) is 2. The van der Waals surface area contributed by atoms with E-state index in [1.54, 1.807) is 25.6 Å². The zero-order valence-electron chi connectivity index (χ0n) is 14.8. The Balaban J connectivity index is 1.51. The van der Waals surface area contributed by atoms with Gasteiger partial charge in [0.1, 0.15) is 5.75 Å². The number of nitrogens with zero attached hydrogens (tertiary/aromatic N) is 5. The molecule has 2 aromatic rings. The van der Waals surface area contributed by atoms with Crippen molar-refractivity contribution < 1.29 is 9.84 Å². The first-order chi connectivity index (χ1) is 12.7. The maximum atomic E-state index is 10.3. The summed E-state index contributed by atoms with van der Waals surface area (Å²) in [5, 5.41) is 10.3. The molecule has 1 fully saturated rings. The average Bonchev–Trinajstić information content (AvgIpc) is 2.72. The zero-order valence-corrected chi connectivity index (χ0v) is 14.8. The minimum absolute atomic E-state index is 0.222. The van der Waals surface area contributed by atoms with Gasteiger partial charge in [-0.2, -0.15) is 0 Å². The molecule has 138 valence electrons. The van der Waals surface area contributed by atoms with Crippen LogP contribution in [-0.4, -0.2) is 65.8 Å². The van der Waals surface area contributed by atoms with E-state index in [1.165, 1.54) is 0 Å². The van der Waals surface area contributed by atoms with E-state index in [-0.39, 0.29) is 6.54 Å². The molecule has 0 amide bonds. The lowest BCUT2D eigenvalue weighted by Crippen LogP contribution is -2.51. The number of rotatable bonds is 5. The number of aliphatic hydroxyl groups excluding tert-OH is 1. The normalized spacial score (nSPS) is 16.5. The lowest BCUT2D eigenvalue weighted by Gasteiger charge is -2.35. The van der Waals surface area contributed by atoms with E-state index < -0.39 is 6.10 Å². The van der Waals surface area contributed by atoms with Crippen molar-refractivity contribution in [3.63, 3.8) is 0 Å². The van der Waals surface area contributed by atoms with Gasteiger partial charge in [-0.15, -0.1) is 0 Å². The highest BCUT2D eigenvalue weighted by Crippen LogP contribution is 2.18. The third-order valence-electron chi connectivity index (χ3n) is 4.37. The van der Waals surface area contributed by atoms with Gasteiger partial charge >= 0.3 is 0 Å². The molecule has 1 aromatic heterocycles. The fourth-order valence-electron chi connectivity index (χ4n) is 2.80. The molecular weight excluding hydrogens is 332 g/mol. The van der Waals surface area contributed by atoms with Crippen LogP contribution in [-0.2, 0) is 0 Å². The topological polar surface area (TPSA) is 100 Å². The number of nitrogens with two attached hydrogens (primary N) is 1. The van der Waals surface area contributed by atoms with Gasteiger partial charge in [0.05, 0.1) is 19.8 Å². The van der Waals surface area contributed by atoms with Gasteiger partial charge in [0.2, 0.25) is 5.95 Å². The van der Waals surface area contributed by atoms with E-state index in [0.717, 1.165) is 43.4 Å². The fourth-order valence-corrected chi connectivity index (χ4v) is 2.80. The second-order valence-electron chi connectivity index (χ2n) is 6.01. The predicted octanol–water partition coefficient (Wildman–Crippen LogP) is 0.655. The molecule has 3 rings (SSSR count). The highest BCUT2D eigenvalue weighted by molar-refractivity contribution is 5.78. The smallest absolute Gasteiger partial charge is 0.225 e. The van der Waals surface area contributed by atoms with Crippen molar-refractivity contribution in [1.82, 2.24) is 14.9 Å². The molecule has 0 bridgehead atoms. The van der Waals surface area contributed by atoms with E-state index in [4.69, 9.17) is 10.5 Å². The molecule has 3 N–H and O–H groups in total. The lowest BCUT2D eigenvalue weighted by molar-refractivity contribution is 0.186. The maximum absolute atomic E-state index is 10.3. The molecule has 0 spiro atoms. The third-order valence-corrected chi connectivity index (χ3v) is 4.37. The van der Waals surface area contributed by atoms with Gasteiger partial charge in [-0.25, -0.2) is 9.97 Å². The van der Waals surface area contributed by atoms with Gasteiger partial charge in [0, 0.05) is 38.6 Å². The van der Waals surface area contributed by atoms with Crippen molar-refractivity contribution in [2.75, 3.05) is 44.7 Å². The Morgan fingerprint density at radius 1 is 1.19 bits per heavy atom. The Labute approximate surface area is 153 Å². The largest absolute Gasteiger partial charge is 0.497 e. The van der Waals surface area contributed by atoms with Crippen LogP contribution in [0.4, 0.5) is 5.95 Å². The highest BCUT2D eigenvalue weighted by Gasteiger charge is 2.20. The van der Waals surface area contributed by atoms with Crippen LogP contribution in [0.5, 0.6) is 5.75 Å². The molecule has 0 saturated carbocycles. The quantitative estimate of drug-likeness (QED) is 0.599. The monoisotopic (exact) mass is 356 g/mol. The van der Waals surface area contributed by atoms with E-state index in [0.29, 0.717) is 5.96 Å². The molecule has 1 aliphatic heterocycles. The van der Waals surface area contributed by atoms with Crippen LogP contribution in [0.15, 0.2) is 47.7 Å². The number of aliphatic hydroxyl groups is 1. The van der Waals surface area contributed by atoms with Crippen molar-refractivity contribution in [2.45, 2.75) is 6.10 Å². The number of benzene rings is 1. The van der Waals surface area contributed by atoms with Crippen molar-refractivity contribution >= 4 is 11.9 Å². The number of aliphatic imine (C=N–C) groups is 1. The molecule has 8 nitrogen and oxygen atoms in total. The van der Waals surface area contributed by atoms with E-state index >= 15 is 0 Å². The Bertz CT molecular complexity index is 714. The Hall–Kier alpha value is -2.87. The van der Waals surface area contributed by atoms with E-state index in [1.807, 2.05) is 29.2 Å². The number of ether oxygens (including phenoxy) is 1. The molecule has 26 heavy (non-hydrogen) atoms. The standard InChI is InChI=1S/C18H24N6O2/c1-26-15-5-3-14(4-6-15)16(25)13-22-17(19)23-9-11-24(12-10-23)18-20-7-2-8-21-18/h2-8,16,25H,9-13H2,1H3,(H2,19,22). The van der Waals surface area contributed by atoms with Crippen LogP contribution in [0.25, 0.3) is 0 Å². The van der Waals surface area contributed by atoms with Crippen LogP contribution in [0, 0.1) is 0 Å². The van der Waals surface area contributed by atoms with Crippen molar-refractivity contribution in [3.8, 4) is 5.75 Å². The van der Waals surface area contributed by atoms with Crippen molar-refractivity contribution in [2.24, 2.45) is 10.7 Å². The molecule has 1 unspecified atom stereocenters. The van der Waals surface area contributed by atoms with Gasteiger partial charge in [0.25, 0.3) is 0 Å². The third kappa shape index (κ3) is 4.40. The van der Waals surface area contributed by atoms with Gasteiger partial charge in [-0.05, 0) is 23.8 Å². The summed E-state index contributed by atoms with van der Waals surface area (Å²) in [7, 11) is 1.61. The summed E-state index contributed by atoms with van der Waals surface area (Å²) in [4.78, 5) is 17.0. The molecule has 1 aliphatic rings. The number of methoxy groups -OCH3 is 1. The fraction of sp³-hybridized carbons (Fsp3) is 0.389. The van der Waals surface area contributed by atoms with Crippen LogP contribution >= 0.6 is 0 Å². The zero-order chi connectivity index (χ0) is 18.4. The summed E-state index contributed by atoms with van der Waals surface area (Å²) >= 11 is 0. The molecule has 8 heteroatoms. The van der Waals surface area contributed by atoms with Crippen LogP contribution < -0.4 is 15.4 Å². The minimum atomic E-state index is -0.696. The molecule has 1 saturated heterocycles. The molecule has 2 heterocycles. The number of piperazine rings is 1.